The second-order valence-electron chi connectivity index (χ2n) is 5.84. The van der Waals surface area contributed by atoms with E-state index in [9.17, 15) is 9.59 Å². The molecule has 0 saturated carbocycles. The Bertz CT molecular complexity index is 490. The van der Waals surface area contributed by atoms with Crippen molar-refractivity contribution in [1.82, 2.24) is 20.5 Å². The van der Waals surface area contributed by atoms with Crippen LogP contribution in [0.5, 0.6) is 0 Å². The van der Waals surface area contributed by atoms with Gasteiger partial charge in [0.2, 0.25) is 5.91 Å². The lowest BCUT2D eigenvalue weighted by Crippen LogP contribution is -2.45. The van der Waals surface area contributed by atoms with Crippen molar-refractivity contribution < 1.29 is 9.59 Å². The molecule has 1 aromatic rings. The lowest BCUT2D eigenvalue weighted by Gasteiger charge is -2.27. The fourth-order valence-electron chi connectivity index (χ4n) is 2.06. The van der Waals surface area contributed by atoms with E-state index >= 15 is 0 Å². The molecule has 0 spiro atoms. The van der Waals surface area contributed by atoms with Gasteiger partial charge in [-0.05, 0) is 45.4 Å². The molecule has 0 saturated heterocycles. The topological polar surface area (TPSA) is 74.3 Å². The Hall–Kier alpha value is -2.11. The van der Waals surface area contributed by atoms with Gasteiger partial charge < -0.3 is 15.5 Å². The number of pyridine rings is 1. The SMILES string of the molecule is CC(C)NC(=O)C[C@H](C)NC(=O)N(C)[C@H](C)c1ccncc1. The van der Waals surface area contributed by atoms with E-state index in [1.807, 2.05) is 39.8 Å². The van der Waals surface area contributed by atoms with Crippen LogP contribution in [0.15, 0.2) is 24.5 Å². The highest BCUT2D eigenvalue weighted by Crippen LogP contribution is 2.17. The van der Waals surface area contributed by atoms with E-state index in [0.29, 0.717) is 0 Å². The monoisotopic (exact) mass is 306 g/mol. The predicted molar refractivity (Wildman–Crippen MR) is 86.3 cm³/mol. The quantitative estimate of drug-likeness (QED) is 0.845. The number of urea groups is 1. The molecule has 6 nitrogen and oxygen atoms in total. The number of nitrogens with one attached hydrogen (secondary N) is 2. The van der Waals surface area contributed by atoms with Crippen LogP contribution in [-0.4, -0.2) is 41.0 Å². The molecular weight excluding hydrogens is 280 g/mol. The Balaban J connectivity index is 2.51. The predicted octanol–water partition coefficient (Wildman–Crippen LogP) is 2.09. The summed E-state index contributed by atoms with van der Waals surface area (Å²) in [5, 5.41) is 5.66. The second-order valence-corrected chi connectivity index (χ2v) is 5.84. The molecule has 3 amide bonds. The smallest absolute Gasteiger partial charge is 0.317 e. The molecule has 1 heterocycles. The number of carbonyl (C=O) groups excluding carboxylic acids is 2. The molecule has 2 N–H and O–H groups in total. The molecule has 0 aliphatic carbocycles. The van der Waals surface area contributed by atoms with E-state index in [1.165, 1.54) is 0 Å². The normalized spacial score (nSPS) is 13.4. The van der Waals surface area contributed by atoms with E-state index < -0.39 is 0 Å². The maximum Gasteiger partial charge on any atom is 0.317 e. The Morgan fingerprint density at radius 1 is 1.14 bits per heavy atom. The van der Waals surface area contributed by atoms with Crippen LogP contribution in [0.1, 0.15) is 45.7 Å². The van der Waals surface area contributed by atoms with Crippen LogP contribution in [0, 0.1) is 0 Å². The zero-order valence-electron chi connectivity index (χ0n) is 14.0. The molecule has 22 heavy (non-hydrogen) atoms. The molecule has 1 aromatic heterocycles. The first kappa shape index (κ1) is 17.9. The van der Waals surface area contributed by atoms with Crippen LogP contribution in [0.3, 0.4) is 0 Å². The average Bonchev–Trinajstić information content (AvgIpc) is 2.45. The van der Waals surface area contributed by atoms with E-state index in [4.69, 9.17) is 0 Å². The lowest BCUT2D eigenvalue weighted by atomic mass is 10.1. The van der Waals surface area contributed by atoms with Gasteiger partial charge in [0, 0.05) is 37.9 Å². The van der Waals surface area contributed by atoms with Gasteiger partial charge in [0.25, 0.3) is 0 Å². The number of rotatable bonds is 6. The summed E-state index contributed by atoms with van der Waals surface area (Å²) >= 11 is 0. The number of amides is 3. The van der Waals surface area contributed by atoms with Crippen LogP contribution in [0.2, 0.25) is 0 Å². The van der Waals surface area contributed by atoms with Crippen molar-refractivity contribution in [3.8, 4) is 0 Å². The molecule has 1 rings (SSSR count). The third-order valence-electron chi connectivity index (χ3n) is 3.40. The summed E-state index contributed by atoms with van der Waals surface area (Å²) in [6.45, 7) is 7.59. The Morgan fingerprint density at radius 2 is 1.73 bits per heavy atom. The number of nitrogens with zero attached hydrogens (tertiary/aromatic N) is 2. The van der Waals surface area contributed by atoms with Crippen LogP contribution in [-0.2, 0) is 4.79 Å². The molecule has 122 valence electrons. The Kier molecular flexibility index (Phi) is 6.82. The zero-order valence-corrected chi connectivity index (χ0v) is 14.0. The summed E-state index contributed by atoms with van der Waals surface area (Å²) in [5.41, 5.74) is 1.01. The highest BCUT2D eigenvalue weighted by atomic mass is 16.2. The van der Waals surface area contributed by atoms with Crippen molar-refractivity contribution in [2.45, 2.75) is 52.2 Å². The Morgan fingerprint density at radius 3 is 2.27 bits per heavy atom. The molecule has 0 aliphatic rings. The molecule has 0 radical (unpaired) electrons. The first-order valence-corrected chi connectivity index (χ1v) is 7.53. The van der Waals surface area contributed by atoms with Crippen LogP contribution in [0.4, 0.5) is 4.79 Å². The third kappa shape index (κ3) is 5.71. The van der Waals surface area contributed by atoms with Crippen molar-refractivity contribution in [2.75, 3.05) is 7.05 Å². The van der Waals surface area contributed by atoms with Gasteiger partial charge in [0.1, 0.15) is 0 Å². The minimum Gasteiger partial charge on any atom is -0.354 e. The summed E-state index contributed by atoms with van der Waals surface area (Å²) in [7, 11) is 1.74. The maximum atomic E-state index is 12.2. The third-order valence-corrected chi connectivity index (χ3v) is 3.40. The van der Waals surface area contributed by atoms with Gasteiger partial charge in [0.05, 0.1) is 6.04 Å². The van der Waals surface area contributed by atoms with Gasteiger partial charge in [-0.3, -0.25) is 9.78 Å². The first-order valence-electron chi connectivity index (χ1n) is 7.53. The molecule has 0 fully saturated rings. The average molecular weight is 306 g/mol. The van der Waals surface area contributed by atoms with E-state index in [0.717, 1.165) is 5.56 Å². The molecular formula is C16H26N4O2. The van der Waals surface area contributed by atoms with Crippen molar-refractivity contribution in [3.05, 3.63) is 30.1 Å². The highest BCUT2D eigenvalue weighted by molar-refractivity contribution is 5.79. The second kappa shape index (κ2) is 8.36. The Labute approximate surface area is 132 Å². The fourth-order valence-corrected chi connectivity index (χ4v) is 2.06. The maximum absolute atomic E-state index is 12.2. The van der Waals surface area contributed by atoms with Crippen LogP contribution < -0.4 is 10.6 Å². The van der Waals surface area contributed by atoms with Crippen molar-refractivity contribution in [1.29, 1.82) is 0 Å². The molecule has 2 atom stereocenters. The van der Waals surface area contributed by atoms with E-state index in [1.54, 1.807) is 24.3 Å². The lowest BCUT2D eigenvalue weighted by molar-refractivity contribution is -0.121. The van der Waals surface area contributed by atoms with Gasteiger partial charge in [-0.15, -0.1) is 0 Å². The summed E-state index contributed by atoms with van der Waals surface area (Å²) in [4.78, 5) is 29.5. The number of hydrogen-bond donors (Lipinski definition) is 2. The van der Waals surface area contributed by atoms with Gasteiger partial charge in [-0.2, -0.15) is 0 Å². The van der Waals surface area contributed by atoms with Crippen molar-refractivity contribution in [2.24, 2.45) is 0 Å². The number of aromatic nitrogens is 1. The zero-order chi connectivity index (χ0) is 16.7. The van der Waals surface area contributed by atoms with Gasteiger partial charge in [-0.25, -0.2) is 4.79 Å². The largest absolute Gasteiger partial charge is 0.354 e. The fraction of sp³-hybridized carbons (Fsp3) is 0.562. The molecule has 0 aliphatic heterocycles. The molecule has 0 unspecified atom stereocenters. The van der Waals surface area contributed by atoms with Crippen molar-refractivity contribution in [3.63, 3.8) is 0 Å². The molecule has 0 aromatic carbocycles. The summed E-state index contributed by atoms with van der Waals surface area (Å²) in [6.07, 6.45) is 3.67. The van der Waals surface area contributed by atoms with Crippen LogP contribution in [0.25, 0.3) is 0 Å². The number of hydrogen-bond acceptors (Lipinski definition) is 3. The molecule has 6 heteroatoms. The first-order chi connectivity index (χ1) is 10.3. The highest BCUT2D eigenvalue weighted by Gasteiger charge is 2.19. The van der Waals surface area contributed by atoms with Crippen LogP contribution >= 0.6 is 0 Å². The summed E-state index contributed by atoms with van der Waals surface area (Å²) in [5.74, 6) is -0.0624. The minimum atomic E-state index is -0.224. The summed E-state index contributed by atoms with van der Waals surface area (Å²) in [6, 6.07) is 3.37. The van der Waals surface area contributed by atoms with Gasteiger partial charge in [0.15, 0.2) is 0 Å². The molecule has 0 bridgehead atoms. The van der Waals surface area contributed by atoms with E-state index in [2.05, 4.69) is 15.6 Å². The van der Waals surface area contributed by atoms with Gasteiger partial charge in [-0.1, -0.05) is 0 Å². The van der Waals surface area contributed by atoms with Crippen molar-refractivity contribution >= 4 is 11.9 Å². The minimum absolute atomic E-state index is 0.0624. The number of carbonyl (C=O) groups is 2. The standard InChI is InChI=1S/C16H26N4O2/c1-11(2)18-15(21)10-12(3)19-16(22)20(5)13(4)14-6-8-17-9-7-14/h6-9,11-13H,10H2,1-5H3,(H,18,21)(H,19,22)/t12-,13+/m0/s1. The van der Waals surface area contributed by atoms with Gasteiger partial charge >= 0.3 is 6.03 Å². The summed E-state index contributed by atoms with van der Waals surface area (Å²) < 4.78 is 0. The van der Waals surface area contributed by atoms with E-state index in [-0.39, 0.29) is 36.5 Å².